The van der Waals surface area contributed by atoms with Crippen LogP contribution in [0.25, 0.3) is 11.1 Å². The number of hydrogen-bond acceptors (Lipinski definition) is 5. The molecule has 1 aliphatic rings. The summed E-state index contributed by atoms with van der Waals surface area (Å²) in [6.07, 6.45) is 9.01. The second kappa shape index (κ2) is 10.6. The molecule has 180 valence electrons. The molecule has 0 saturated carbocycles. The zero-order chi connectivity index (χ0) is 24.2. The Morgan fingerprint density at radius 3 is 2.79 bits per heavy atom. The molecule has 1 aromatic carbocycles. The summed E-state index contributed by atoms with van der Waals surface area (Å²) < 4.78 is 2.09. The summed E-state index contributed by atoms with van der Waals surface area (Å²) in [6.45, 7) is 5.61. The molecule has 7 nitrogen and oxygen atoms in total. The molecule has 0 bridgehead atoms. The van der Waals surface area contributed by atoms with Crippen LogP contribution in [0.3, 0.4) is 0 Å². The van der Waals surface area contributed by atoms with Crippen molar-refractivity contribution in [2.75, 3.05) is 25.5 Å². The van der Waals surface area contributed by atoms with Crippen molar-refractivity contribution in [1.29, 1.82) is 0 Å². The maximum Gasteiger partial charge on any atom is 0.225 e. The van der Waals surface area contributed by atoms with Gasteiger partial charge in [0.1, 0.15) is 5.82 Å². The Morgan fingerprint density at radius 1 is 1.24 bits per heavy atom. The smallest absolute Gasteiger partial charge is 0.225 e. The SMILES string of the molecule is CC(C)c1nccn1CCC(=O)N1CCCCC1c1nc(N(C)C)ncc1-c1cccc(Cl)c1. The van der Waals surface area contributed by atoms with Crippen LogP contribution >= 0.6 is 11.6 Å². The summed E-state index contributed by atoms with van der Waals surface area (Å²) in [5.41, 5.74) is 2.78. The molecular formula is C26H33ClN6O. The lowest BCUT2D eigenvalue weighted by molar-refractivity contribution is -0.135. The molecule has 34 heavy (non-hydrogen) atoms. The lowest BCUT2D eigenvalue weighted by Gasteiger charge is -2.36. The topological polar surface area (TPSA) is 67.2 Å². The van der Waals surface area contributed by atoms with Gasteiger partial charge in [-0.3, -0.25) is 4.79 Å². The van der Waals surface area contributed by atoms with Crippen molar-refractivity contribution in [2.45, 2.75) is 58.0 Å². The highest BCUT2D eigenvalue weighted by atomic mass is 35.5. The fourth-order valence-electron chi connectivity index (χ4n) is 4.62. The van der Waals surface area contributed by atoms with Gasteiger partial charge in [-0.05, 0) is 37.0 Å². The van der Waals surface area contributed by atoms with E-state index in [1.165, 1.54) is 0 Å². The van der Waals surface area contributed by atoms with Crippen molar-refractivity contribution in [2.24, 2.45) is 0 Å². The van der Waals surface area contributed by atoms with E-state index in [0.717, 1.165) is 48.5 Å². The van der Waals surface area contributed by atoms with Crippen LogP contribution in [0.5, 0.6) is 0 Å². The number of rotatable bonds is 7. The van der Waals surface area contributed by atoms with E-state index in [4.69, 9.17) is 16.6 Å². The van der Waals surface area contributed by atoms with Gasteiger partial charge >= 0.3 is 0 Å². The van der Waals surface area contributed by atoms with Crippen molar-refractivity contribution in [3.8, 4) is 11.1 Å². The van der Waals surface area contributed by atoms with E-state index in [1.54, 1.807) is 0 Å². The average molecular weight is 481 g/mol. The van der Waals surface area contributed by atoms with Gasteiger partial charge in [0.05, 0.1) is 11.7 Å². The maximum absolute atomic E-state index is 13.5. The van der Waals surface area contributed by atoms with Crippen LogP contribution in [-0.2, 0) is 11.3 Å². The Hall–Kier alpha value is -2.93. The zero-order valence-electron chi connectivity index (χ0n) is 20.4. The molecule has 0 radical (unpaired) electrons. The summed E-state index contributed by atoms with van der Waals surface area (Å²) in [5.74, 6) is 2.12. The molecule has 1 saturated heterocycles. The van der Waals surface area contributed by atoms with E-state index in [9.17, 15) is 4.79 Å². The number of piperidine rings is 1. The normalized spacial score (nSPS) is 16.2. The van der Waals surface area contributed by atoms with Crippen molar-refractivity contribution in [3.05, 3.63) is 59.4 Å². The average Bonchev–Trinajstić information content (AvgIpc) is 3.31. The number of hydrogen-bond donors (Lipinski definition) is 0. The third-order valence-electron chi connectivity index (χ3n) is 6.31. The van der Waals surface area contributed by atoms with Crippen molar-refractivity contribution >= 4 is 23.5 Å². The first-order valence-corrected chi connectivity index (χ1v) is 12.3. The first kappa shape index (κ1) is 24.2. The molecule has 1 amide bonds. The summed E-state index contributed by atoms with van der Waals surface area (Å²) in [5, 5.41) is 0.665. The Labute approximate surface area is 206 Å². The quantitative estimate of drug-likeness (QED) is 0.457. The van der Waals surface area contributed by atoms with Crippen molar-refractivity contribution in [1.82, 2.24) is 24.4 Å². The Kier molecular flexibility index (Phi) is 7.51. The van der Waals surface area contributed by atoms with E-state index in [1.807, 2.05) is 66.8 Å². The molecule has 0 spiro atoms. The first-order chi connectivity index (χ1) is 16.3. The van der Waals surface area contributed by atoms with Crippen LogP contribution < -0.4 is 4.90 Å². The van der Waals surface area contributed by atoms with Crippen LogP contribution in [0.2, 0.25) is 5.02 Å². The number of aryl methyl sites for hydroxylation is 1. The number of benzene rings is 1. The van der Waals surface area contributed by atoms with Crippen molar-refractivity contribution < 1.29 is 4.79 Å². The van der Waals surface area contributed by atoms with Gasteiger partial charge in [0, 0.05) is 68.7 Å². The molecule has 0 N–H and O–H groups in total. The molecule has 3 heterocycles. The molecule has 4 rings (SSSR count). The molecule has 0 aliphatic carbocycles. The van der Waals surface area contributed by atoms with E-state index in [-0.39, 0.29) is 11.9 Å². The molecule has 1 fully saturated rings. The van der Waals surface area contributed by atoms with E-state index >= 15 is 0 Å². The molecule has 8 heteroatoms. The van der Waals surface area contributed by atoms with Crippen LogP contribution in [-0.4, -0.2) is 51.0 Å². The fraction of sp³-hybridized carbons (Fsp3) is 0.462. The number of likely N-dealkylation sites (tertiary alicyclic amines) is 1. The predicted molar refractivity (Wildman–Crippen MR) is 136 cm³/mol. The highest BCUT2D eigenvalue weighted by Gasteiger charge is 2.31. The Bertz CT molecular complexity index is 1140. The minimum absolute atomic E-state index is 0.0933. The third kappa shape index (κ3) is 5.25. The lowest BCUT2D eigenvalue weighted by Crippen LogP contribution is -2.39. The van der Waals surface area contributed by atoms with Gasteiger partial charge in [-0.1, -0.05) is 37.6 Å². The van der Waals surface area contributed by atoms with E-state index in [0.29, 0.717) is 29.9 Å². The second-order valence-electron chi connectivity index (χ2n) is 9.36. The van der Waals surface area contributed by atoms with Gasteiger partial charge in [0.25, 0.3) is 0 Å². The standard InChI is InChI=1S/C26H33ClN6O/c1-18(2)25-28-12-15-32(25)14-11-23(34)33-13-6-5-10-22(33)24-21(17-29-26(30-24)31(3)4)19-8-7-9-20(27)16-19/h7-9,12,15-18,22H,5-6,10-11,13-14H2,1-4H3. The van der Waals surface area contributed by atoms with Gasteiger partial charge in [0.15, 0.2) is 0 Å². The Balaban J connectivity index is 1.65. The molecule has 2 aromatic heterocycles. The second-order valence-corrected chi connectivity index (χ2v) is 9.79. The number of amides is 1. The van der Waals surface area contributed by atoms with Gasteiger partial charge in [-0.2, -0.15) is 0 Å². The molecule has 1 unspecified atom stereocenters. The van der Waals surface area contributed by atoms with Gasteiger partial charge < -0.3 is 14.4 Å². The highest BCUT2D eigenvalue weighted by molar-refractivity contribution is 6.30. The number of halogens is 1. The van der Waals surface area contributed by atoms with Crippen LogP contribution in [0.1, 0.15) is 63.0 Å². The third-order valence-corrected chi connectivity index (χ3v) is 6.55. The van der Waals surface area contributed by atoms with E-state index < -0.39 is 0 Å². The summed E-state index contributed by atoms with van der Waals surface area (Å²) in [6, 6.07) is 7.65. The number of carbonyl (C=O) groups excluding carboxylic acids is 1. The number of imidazole rings is 1. The molecule has 1 aliphatic heterocycles. The van der Waals surface area contributed by atoms with Gasteiger partial charge in [-0.25, -0.2) is 15.0 Å². The predicted octanol–water partition coefficient (Wildman–Crippen LogP) is 5.33. The van der Waals surface area contributed by atoms with Crippen molar-refractivity contribution in [3.63, 3.8) is 0 Å². The van der Waals surface area contributed by atoms with Crippen LogP contribution in [0.4, 0.5) is 5.95 Å². The fourth-order valence-corrected chi connectivity index (χ4v) is 4.81. The number of nitrogens with zero attached hydrogens (tertiary/aromatic N) is 6. The summed E-state index contributed by atoms with van der Waals surface area (Å²) in [7, 11) is 3.86. The zero-order valence-corrected chi connectivity index (χ0v) is 21.2. The maximum atomic E-state index is 13.5. The monoisotopic (exact) mass is 480 g/mol. The summed E-state index contributed by atoms with van der Waals surface area (Å²) >= 11 is 6.30. The highest BCUT2D eigenvalue weighted by Crippen LogP contribution is 2.37. The molecular weight excluding hydrogens is 448 g/mol. The van der Waals surface area contributed by atoms with Gasteiger partial charge in [-0.15, -0.1) is 0 Å². The van der Waals surface area contributed by atoms with Crippen LogP contribution in [0.15, 0.2) is 42.9 Å². The lowest BCUT2D eigenvalue weighted by atomic mass is 9.93. The Morgan fingerprint density at radius 2 is 2.06 bits per heavy atom. The first-order valence-electron chi connectivity index (χ1n) is 12.0. The van der Waals surface area contributed by atoms with E-state index in [2.05, 4.69) is 28.4 Å². The minimum atomic E-state index is -0.0933. The number of carbonyl (C=O) groups is 1. The largest absolute Gasteiger partial charge is 0.347 e. The summed E-state index contributed by atoms with van der Waals surface area (Å²) in [4.78, 5) is 31.4. The number of aromatic nitrogens is 4. The number of anilines is 1. The van der Waals surface area contributed by atoms with Crippen LogP contribution in [0, 0.1) is 0 Å². The van der Waals surface area contributed by atoms with Gasteiger partial charge in [0.2, 0.25) is 11.9 Å². The molecule has 1 atom stereocenters. The minimum Gasteiger partial charge on any atom is -0.347 e. The molecule has 3 aromatic rings.